The Morgan fingerprint density at radius 3 is 2.76 bits per heavy atom. The van der Waals surface area contributed by atoms with Gasteiger partial charge in [-0.3, -0.25) is 0 Å². The predicted molar refractivity (Wildman–Crippen MR) is 94.5 cm³/mol. The van der Waals surface area contributed by atoms with Crippen molar-refractivity contribution in [2.45, 2.75) is 30.3 Å². The van der Waals surface area contributed by atoms with Crippen molar-refractivity contribution in [3.8, 4) is 10.7 Å². The van der Waals surface area contributed by atoms with Crippen LogP contribution in [0.15, 0.2) is 52.7 Å². The van der Waals surface area contributed by atoms with Gasteiger partial charge >= 0.3 is 0 Å². The van der Waals surface area contributed by atoms with Crippen molar-refractivity contribution in [3.05, 3.63) is 47.8 Å². The zero-order valence-electron chi connectivity index (χ0n) is 13.4. The average Bonchev–Trinajstić information content (AvgIpc) is 3.37. The first-order valence-corrected chi connectivity index (χ1v) is 10.3. The third kappa shape index (κ3) is 3.22. The Morgan fingerprint density at radius 1 is 1.16 bits per heavy atom. The van der Waals surface area contributed by atoms with Crippen LogP contribution in [0, 0.1) is 0 Å². The summed E-state index contributed by atoms with van der Waals surface area (Å²) in [7, 11) is -3.50. The highest BCUT2D eigenvalue weighted by Crippen LogP contribution is 2.27. The van der Waals surface area contributed by atoms with E-state index in [2.05, 4.69) is 15.4 Å². The van der Waals surface area contributed by atoms with E-state index >= 15 is 0 Å². The molecule has 9 heteroatoms. The fourth-order valence-electron chi connectivity index (χ4n) is 3.05. The molecule has 0 saturated carbocycles. The minimum atomic E-state index is -3.50. The van der Waals surface area contributed by atoms with Crippen LogP contribution in [0.2, 0.25) is 0 Å². The molecule has 1 fully saturated rings. The van der Waals surface area contributed by atoms with Gasteiger partial charge in [0.15, 0.2) is 0 Å². The Hall–Kier alpha value is -2.10. The summed E-state index contributed by atoms with van der Waals surface area (Å²) in [4.78, 5) is 2.78. The van der Waals surface area contributed by atoms with Crippen LogP contribution in [-0.2, 0) is 16.6 Å². The molecule has 0 spiro atoms. The van der Waals surface area contributed by atoms with Gasteiger partial charge in [0, 0.05) is 12.6 Å². The molecule has 1 saturated heterocycles. The number of sulfonamides is 1. The van der Waals surface area contributed by atoms with Gasteiger partial charge in [-0.05, 0) is 41.6 Å². The second kappa shape index (κ2) is 6.66. The second-order valence-electron chi connectivity index (χ2n) is 5.87. The van der Waals surface area contributed by atoms with Crippen LogP contribution in [0.4, 0.5) is 0 Å². The molecule has 130 valence electrons. The lowest BCUT2D eigenvalue weighted by atomic mass is 10.2. The minimum absolute atomic E-state index is 0.157. The Morgan fingerprint density at radius 2 is 2.00 bits per heavy atom. The molecule has 0 amide bonds. The summed E-state index contributed by atoms with van der Waals surface area (Å²) in [5.41, 5.74) is 0. The van der Waals surface area contributed by atoms with E-state index in [4.69, 9.17) is 0 Å². The van der Waals surface area contributed by atoms with E-state index in [-0.39, 0.29) is 6.04 Å². The zero-order chi connectivity index (χ0) is 17.3. The molecule has 3 heterocycles. The lowest BCUT2D eigenvalue weighted by Gasteiger charge is -2.23. The molecule has 0 unspecified atom stereocenters. The third-order valence-electron chi connectivity index (χ3n) is 4.24. The zero-order valence-corrected chi connectivity index (χ0v) is 15.0. The Balaban J connectivity index is 1.54. The first kappa shape index (κ1) is 16.4. The molecule has 0 bridgehead atoms. The molecule has 0 aliphatic carbocycles. The average molecular weight is 375 g/mol. The quantitative estimate of drug-likeness (QED) is 0.683. The van der Waals surface area contributed by atoms with Crippen molar-refractivity contribution in [3.63, 3.8) is 0 Å². The minimum Gasteiger partial charge on any atom is -0.207 e. The SMILES string of the molecule is O=S(=O)(c1ccccc1)N1CCC[C@@H]1Cn1nnc(-c2cccs2)n1. The Labute approximate surface area is 150 Å². The van der Waals surface area contributed by atoms with E-state index in [1.165, 1.54) is 4.80 Å². The molecule has 3 aromatic rings. The standard InChI is InChI=1S/C16H17N5O2S2/c22-25(23,14-7-2-1-3-8-14)20-10-4-6-13(20)12-21-18-16(17-19-21)15-9-5-11-24-15/h1-3,5,7-9,11,13H,4,6,10,12H2/t13-/m1/s1. The highest BCUT2D eigenvalue weighted by atomic mass is 32.2. The van der Waals surface area contributed by atoms with Gasteiger partial charge in [0.05, 0.1) is 16.3 Å². The number of aromatic nitrogens is 4. The molecule has 25 heavy (non-hydrogen) atoms. The van der Waals surface area contributed by atoms with Crippen LogP contribution >= 0.6 is 11.3 Å². The number of benzene rings is 1. The molecule has 1 aliphatic rings. The molecule has 0 N–H and O–H groups in total. The number of tetrazole rings is 1. The molecule has 7 nitrogen and oxygen atoms in total. The van der Waals surface area contributed by atoms with Gasteiger partial charge in [-0.25, -0.2) is 8.42 Å². The van der Waals surface area contributed by atoms with E-state index < -0.39 is 10.0 Å². The van der Waals surface area contributed by atoms with Gasteiger partial charge in [-0.2, -0.15) is 9.10 Å². The smallest absolute Gasteiger partial charge is 0.207 e. The van der Waals surface area contributed by atoms with Crippen molar-refractivity contribution < 1.29 is 8.42 Å². The summed E-state index contributed by atoms with van der Waals surface area (Å²) >= 11 is 1.55. The van der Waals surface area contributed by atoms with Crippen molar-refractivity contribution in [1.29, 1.82) is 0 Å². The highest BCUT2D eigenvalue weighted by Gasteiger charge is 2.35. The fraction of sp³-hybridized carbons (Fsp3) is 0.312. The van der Waals surface area contributed by atoms with Crippen LogP contribution in [0.25, 0.3) is 10.7 Å². The van der Waals surface area contributed by atoms with Crippen LogP contribution in [-0.4, -0.2) is 45.5 Å². The van der Waals surface area contributed by atoms with E-state index in [9.17, 15) is 8.42 Å². The summed E-state index contributed by atoms with van der Waals surface area (Å²) < 4.78 is 27.3. The normalized spacial score (nSPS) is 18.6. The van der Waals surface area contributed by atoms with Gasteiger partial charge in [0.25, 0.3) is 0 Å². The number of rotatable bonds is 5. The van der Waals surface area contributed by atoms with Gasteiger partial charge < -0.3 is 0 Å². The van der Waals surface area contributed by atoms with Crippen molar-refractivity contribution >= 4 is 21.4 Å². The maximum Gasteiger partial charge on any atom is 0.243 e. The van der Waals surface area contributed by atoms with Crippen molar-refractivity contribution in [2.24, 2.45) is 0 Å². The van der Waals surface area contributed by atoms with Gasteiger partial charge in [0.1, 0.15) is 0 Å². The molecule has 1 aliphatic heterocycles. The third-order valence-corrected chi connectivity index (χ3v) is 7.07. The van der Waals surface area contributed by atoms with Crippen LogP contribution in [0.5, 0.6) is 0 Å². The Bertz CT molecular complexity index is 938. The maximum absolute atomic E-state index is 12.9. The number of hydrogen-bond acceptors (Lipinski definition) is 6. The van der Waals surface area contributed by atoms with Crippen molar-refractivity contribution in [1.82, 2.24) is 24.5 Å². The van der Waals surface area contributed by atoms with Gasteiger partial charge in [0.2, 0.25) is 15.8 Å². The number of hydrogen-bond donors (Lipinski definition) is 0. The first-order valence-electron chi connectivity index (χ1n) is 8.03. The molecule has 0 radical (unpaired) electrons. The van der Waals surface area contributed by atoms with Crippen LogP contribution in [0.1, 0.15) is 12.8 Å². The van der Waals surface area contributed by atoms with E-state index in [0.29, 0.717) is 23.8 Å². The predicted octanol–water partition coefficient (Wildman–Crippen LogP) is 2.25. The number of nitrogens with zero attached hydrogens (tertiary/aromatic N) is 5. The molecule has 1 atom stereocenters. The molecule has 4 rings (SSSR count). The molecule has 1 aromatic carbocycles. The largest absolute Gasteiger partial charge is 0.243 e. The number of thiophene rings is 1. The van der Waals surface area contributed by atoms with E-state index in [0.717, 1.165) is 17.7 Å². The lowest BCUT2D eigenvalue weighted by molar-refractivity contribution is 0.323. The van der Waals surface area contributed by atoms with Crippen LogP contribution < -0.4 is 0 Å². The summed E-state index contributed by atoms with van der Waals surface area (Å²) in [5, 5.41) is 14.5. The van der Waals surface area contributed by atoms with Gasteiger partial charge in [-0.15, -0.1) is 21.5 Å². The Kier molecular flexibility index (Phi) is 4.36. The van der Waals surface area contributed by atoms with Gasteiger partial charge in [-0.1, -0.05) is 24.3 Å². The van der Waals surface area contributed by atoms with E-state index in [1.807, 2.05) is 23.6 Å². The van der Waals surface area contributed by atoms with Crippen LogP contribution in [0.3, 0.4) is 0 Å². The fourth-order valence-corrected chi connectivity index (χ4v) is 5.40. The lowest BCUT2D eigenvalue weighted by Crippen LogP contribution is -2.38. The maximum atomic E-state index is 12.9. The topological polar surface area (TPSA) is 81.0 Å². The molecular weight excluding hydrogens is 358 g/mol. The molecule has 2 aromatic heterocycles. The monoisotopic (exact) mass is 375 g/mol. The highest BCUT2D eigenvalue weighted by molar-refractivity contribution is 7.89. The summed E-state index contributed by atoms with van der Waals surface area (Å²) in [5.74, 6) is 0.575. The van der Waals surface area contributed by atoms with E-state index in [1.54, 1.807) is 39.9 Å². The first-order chi connectivity index (χ1) is 12.1. The van der Waals surface area contributed by atoms with Crippen molar-refractivity contribution in [2.75, 3.05) is 6.54 Å². The summed E-state index contributed by atoms with van der Waals surface area (Å²) in [6.45, 7) is 0.929. The molecular formula is C16H17N5O2S2. The second-order valence-corrected chi connectivity index (χ2v) is 8.71. The summed E-state index contributed by atoms with van der Waals surface area (Å²) in [6.07, 6.45) is 1.63. The summed E-state index contributed by atoms with van der Waals surface area (Å²) in [6, 6.07) is 12.3.